The van der Waals surface area contributed by atoms with E-state index in [0.717, 1.165) is 19.3 Å². The van der Waals surface area contributed by atoms with Crippen molar-refractivity contribution in [3.63, 3.8) is 0 Å². The summed E-state index contributed by atoms with van der Waals surface area (Å²) >= 11 is 0. The second kappa shape index (κ2) is 6.96. The SMILES string of the molecule is CC1CCCCN1C(=O)N[C@H](CCC(N)=O)C(=O)O. The smallest absolute Gasteiger partial charge is 0.326 e. The zero-order chi connectivity index (χ0) is 14.4. The number of piperidine rings is 1. The second-order valence-electron chi connectivity index (χ2n) is 4.88. The predicted molar refractivity (Wildman–Crippen MR) is 68.4 cm³/mol. The van der Waals surface area contributed by atoms with Crippen LogP contribution in [0.2, 0.25) is 0 Å². The van der Waals surface area contributed by atoms with E-state index < -0.39 is 17.9 Å². The quantitative estimate of drug-likeness (QED) is 0.667. The van der Waals surface area contributed by atoms with E-state index in [9.17, 15) is 14.4 Å². The number of carboxylic acids is 1. The molecule has 1 saturated heterocycles. The van der Waals surface area contributed by atoms with Crippen molar-refractivity contribution in [2.45, 2.75) is 51.1 Å². The van der Waals surface area contributed by atoms with Crippen molar-refractivity contribution in [2.75, 3.05) is 6.54 Å². The average Bonchev–Trinajstić information content (AvgIpc) is 2.34. The van der Waals surface area contributed by atoms with Gasteiger partial charge in [-0.3, -0.25) is 4.79 Å². The van der Waals surface area contributed by atoms with Gasteiger partial charge < -0.3 is 21.1 Å². The van der Waals surface area contributed by atoms with Gasteiger partial charge in [0.05, 0.1) is 0 Å². The van der Waals surface area contributed by atoms with Gasteiger partial charge in [-0.05, 0) is 32.6 Å². The fourth-order valence-electron chi connectivity index (χ4n) is 2.18. The molecule has 1 unspecified atom stereocenters. The van der Waals surface area contributed by atoms with Crippen molar-refractivity contribution >= 4 is 17.9 Å². The highest BCUT2D eigenvalue weighted by Gasteiger charge is 2.27. The molecule has 1 aliphatic heterocycles. The van der Waals surface area contributed by atoms with Crippen LogP contribution in [0.15, 0.2) is 0 Å². The predicted octanol–water partition coefficient (Wildman–Crippen LogP) is 0.289. The zero-order valence-electron chi connectivity index (χ0n) is 11.1. The van der Waals surface area contributed by atoms with Gasteiger partial charge in [0, 0.05) is 19.0 Å². The van der Waals surface area contributed by atoms with E-state index in [1.54, 1.807) is 4.90 Å². The number of aliphatic carboxylic acids is 1. The van der Waals surface area contributed by atoms with Crippen LogP contribution in [0.4, 0.5) is 4.79 Å². The number of nitrogens with two attached hydrogens (primary N) is 1. The van der Waals surface area contributed by atoms with E-state index in [-0.39, 0.29) is 24.9 Å². The third kappa shape index (κ3) is 4.76. The number of hydrogen-bond donors (Lipinski definition) is 3. The Hall–Kier alpha value is -1.79. The van der Waals surface area contributed by atoms with Crippen LogP contribution in [-0.2, 0) is 9.59 Å². The summed E-state index contributed by atoms with van der Waals surface area (Å²) < 4.78 is 0. The normalized spacial score (nSPS) is 20.7. The van der Waals surface area contributed by atoms with Crippen LogP contribution in [0.5, 0.6) is 0 Å². The highest BCUT2D eigenvalue weighted by Crippen LogP contribution is 2.16. The second-order valence-corrected chi connectivity index (χ2v) is 4.88. The van der Waals surface area contributed by atoms with Gasteiger partial charge in [0.25, 0.3) is 0 Å². The van der Waals surface area contributed by atoms with E-state index >= 15 is 0 Å². The summed E-state index contributed by atoms with van der Waals surface area (Å²) in [5.74, 6) is -1.73. The van der Waals surface area contributed by atoms with Gasteiger partial charge >= 0.3 is 12.0 Å². The molecule has 108 valence electrons. The standard InChI is InChI=1S/C12H21N3O4/c1-8-4-2-3-7-15(8)12(19)14-9(11(17)18)5-6-10(13)16/h8-9H,2-7H2,1H3,(H2,13,16)(H,14,19)(H,17,18)/t8?,9-/m1/s1. The highest BCUT2D eigenvalue weighted by atomic mass is 16.4. The molecule has 0 spiro atoms. The molecule has 19 heavy (non-hydrogen) atoms. The summed E-state index contributed by atoms with van der Waals surface area (Å²) in [5.41, 5.74) is 4.98. The molecule has 3 amide bonds. The van der Waals surface area contributed by atoms with Gasteiger partial charge in [0.2, 0.25) is 5.91 Å². The van der Waals surface area contributed by atoms with Gasteiger partial charge in [0.15, 0.2) is 0 Å². The minimum atomic E-state index is -1.15. The number of hydrogen-bond acceptors (Lipinski definition) is 3. The number of rotatable bonds is 5. The zero-order valence-corrected chi connectivity index (χ0v) is 11.1. The maximum atomic E-state index is 12.0. The first kappa shape index (κ1) is 15.3. The lowest BCUT2D eigenvalue weighted by Crippen LogP contribution is -2.52. The van der Waals surface area contributed by atoms with Crippen LogP contribution in [0.25, 0.3) is 0 Å². The van der Waals surface area contributed by atoms with E-state index in [1.165, 1.54) is 0 Å². The van der Waals surface area contributed by atoms with Crippen molar-refractivity contribution < 1.29 is 19.5 Å². The Morgan fingerprint density at radius 2 is 2.11 bits per heavy atom. The number of carboxylic acid groups (broad SMARTS) is 1. The lowest BCUT2D eigenvalue weighted by molar-refractivity contribution is -0.139. The van der Waals surface area contributed by atoms with Crippen LogP contribution >= 0.6 is 0 Å². The van der Waals surface area contributed by atoms with Crippen LogP contribution < -0.4 is 11.1 Å². The summed E-state index contributed by atoms with van der Waals surface area (Å²) in [6.45, 7) is 2.58. The Kier molecular flexibility index (Phi) is 5.59. The molecule has 0 aromatic rings. The first-order chi connectivity index (χ1) is 8.91. The fraction of sp³-hybridized carbons (Fsp3) is 0.750. The first-order valence-electron chi connectivity index (χ1n) is 6.50. The largest absolute Gasteiger partial charge is 0.480 e. The average molecular weight is 271 g/mol. The van der Waals surface area contributed by atoms with Gasteiger partial charge in [0.1, 0.15) is 6.04 Å². The molecule has 1 heterocycles. The Bertz CT molecular complexity index is 359. The first-order valence-corrected chi connectivity index (χ1v) is 6.50. The number of urea groups is 1. The molecule has 7 nitrogen and oxygen atoms in total. The summed E-state index contributed by atoms with van der Waals surface area (Å²) in [6.07, 6.45) is 2.88. The van der Waals surface area contributed by atoms with Crippen molar-refractivity contribution in [3.05, 3.63) is 0 Å². The number of nitrogens with one attached hydrogen (secondary N) is 1. The lowest BCUT2D eigenvalue weighted by atomic mass is 10.0. The van der Waals surface area contributed by atoms with Crippen molar-refractivity contribution in [2.24, 2.45) is 5.73 Å². The molecule has 1 aliphatic rings. The van der Waals surface area contributed by atoms with Crippen molar-refractivity contribution in [1.29, 1.82) is 0 Å². The molecule has 0 aromatic carbocycles. The van der Waals surface area contributed by atoms with Crippen LogP contribution in [0, 0.1) is 0 Å². The number of primary amides is 1. The molecule has 7 heteroatoms. The van der Waals surface area contributed by atoms with Gasteiger partial charge in [-0.25, -0.2) is 9.59 Å². The van der Waals surface area contributed by atoms with Crippen LogP contribution in [0.3, 0.4) is 0 Å². The Labute approximate surface area is 112 Å². The molecule has 0 aromatic heterocycles. The van der Waals surface area contributed by atoms with Crippen molar-refractivity contribution in [1.82, 2.24) is 10.2 Å². The molecule has 1 rings (SSSR count). The molecular weight excluding hydrogens is 250 g/mol. The molecular formula is C12H21N3O4. The monoisotopic (exact) mass is 271 g/mol. The number of amides is 3. The minimum Gasteiger partial charge on any atom is -0.480 e. The maximum absolute atomic E-state index is 12.0. The Morgan fingerprint density at radius 1 is 1.42 bits per heavy atom. The summed E-state index contributed by atoms with van der Waals surface area (Å²) in [6, 6.07) is -1.35. The van der Waals surface area contributed by atoms with Crippen molar-refractivity contribution in [3.8, 4) is 0 Å². The molecule has 4 N–H and O–H groups in total. The molecule has 1 fully saturated rings. The van der Waals surface area contributed by atoms with E-state index in [1.807, 2.05) is 6.92 Å². The van der Waals surface area contributed by atoms with Gasteiger partial charge in [-0.2, -0.15) is 0 Å². The van der Waals surface area contributed by atoms with E-state index in [2.05, 4.69) is 5.32 Å². The van der Waals surface area contributed by atoms with Gasteiger partial charge in [-0.15, -0.1) is 0 Å². The number of carbonyl (C=O) groups is 3. The molecule has 2 atom stereocenters. The number of likely N-dealkylation sites (tertiary alicyclic amines) is 1. The summed E-state index contributed by atoms with van der Waals surface area (Å²) in [4.78, 5) is 35.3. The van der Waals surface area contributed by atoms with Crippen LogP contribution in [-0.4, -0.2) is 46.5 Å². The minimum absolute atomic E-state index is 0.0125. The molecule has 0 radical (unpaired) electrons. The number of carbonyl (C=O) groups excluding carboxylic acids is 2. The summed E-state index contributed by atoms with van der Waals surface area (Å²) in [5, 5.41) is 11.5. The van der Waals surface area contributed by atoms with Crippen LogP contribution in [0.1, 0.15) is 39.0 Å². The van der Waals surface area contributed by atoms with E-state index in [0.29, 0.717) is 6.54 Å². The maximum Gasteiger partial charge on any atom is 0.326 e. The summed E-state index contributed by atoms with van der Waals surface area (Å²) in [7, 11) is 0. The fourth-order valence-corrected chi connectivity index (χ4v) is 2.18. The Balaban J connectivity index is 2.55. The highest BCUT2D eigenvalue weighted by molar-refractivity contribution is 5.83. The third-order valence-corrected chi connectivity index (χ3v) is 3.34. The van der Waals surface area contributed by atoms with Gasteiger partial charge in [-0.1, -0.05) is 0 Å². The molecule has 0 bridgehead atoms. The molecule has 0 aliphatic carbocycles. The third-order valence-electron chi connectivity index (χ3n) is 3.34. The van der Waals surface area contributed by atoms with E-state index in [4.69, 9.17) is 10.8 Å². The topological polar surface area (TPSA) is 113 Å². The molecule has 0 saturated carbocycles. The Morgan fingerprint density at radius 3 is 2.63 bits per heavy atom. The lowest BCUT2D eigenvalue weighted by Gasteiger charge is -2.34. The number of nitrogens with zero attached hydrogens (tertiary/aromatic N) is 1.